The van der Waals surface area contributed by atoms with Crippen LogP contribution >= 0.6 is 11.3 Å². The van der Waals surface area contributed by atoms with E-state index in [1.54, 1.807) is 0 Å². The van der Waals surface area contributed by atoms with E-state index in [9.17, 15) is 32.3 Å². The van der Waals surface area contributed by atoms with Crippen molar-refractivity contribution < 1.29 is 32.3 Å². The minimum atomic E-state index is -4.51. The number of carbonyl (C=O) groups excluding carboxylic acids is 1. The van der Waals surface area contributed by atoms with E-state index in [1.165, 1.54) is 29.6 Å². The van der Waals surface area contributed by atoms with Gasteiger partial charge in [-0.1, -0.05) is 18.2 Å². The molecule has 0 unspecified atom stereocenters. The number of carbonyl (C=O) groups is 2. The molecule has 1 aromatic heterocycles. The highest BCUT2D eigenvalue weighted by Crippen LogP contribution is 2.38. The number of hydrogen-bond acceptors (Lipinski definition) is 3. The maximum Gasteiger partial charge on any atom is 0.416 e. The zero-order chi connectivity index (χ0) is 20.5. The number of aromatic carboxylic acids is 1. The Balaban J connectivity index is 1.94. The van der Waals surface area contributed by atoms with Gasteiger partial charge in [-0.2, -0.15) is 13.2 Å². The number of hydrogen-bond donors (Lipinski definition) is 2. The lowest BCUT2D eigenvalue weighted by Gasteiger charge is -2.08. The fraction of sp³-hybridized carbons (Fsp3) is 0.0526. The molecule has 2 N–H and O–H groups in total. The van der Waals surface area contributed by atoms with Crippen molar-refractivity contribution in [3.8, 4) is 10.4 Å². The first-order chi connectivity index (χ1) is 13.2. The van der Waals surface area contributed by atoms with Crippen LogP contribution in [0.15, 0.2) is 53.9 Å². The zero-order valence-electron chi connectivity index (χ0n) is 13.9. The summed E-state index contributed by atoms with van der Waals surface area (Å²) in [4.78, 5) is 24.1. The molecule has 28 heavy (non-hydrogen) atoms. The number of rotatable bonds is 4. The molecule has 1 amide bonds. The summed E-state index contributed by atoms with van der Waals surface area (Å²) in [5.74, 6) is -2.69. The van der Waals surface area contributed by atoms with Crippen LogP contribution in [0.4, 0.5) is 23.2 Å². The third-order valence-corrected chi connectivity index (χ3v) is 4.84. The Labute approximate surface area is 160 Å². The summed E-state index contributed by atoms with van der Waals surface area (Å²) in [6.45, 7) is 0. The van der Waals surface area contributed by atoms with Crippen LogP contribution in [0.3, 0.4) is 0 Å². The van der Waals surface area contributed by atoms with Crippen LogP contribution in [-0.2, 0) is 6.18 Å². The van der Waals surface area contributed by atoms with Crippen LogP contribution in [-0.4, -0.2) is 17.0 Å². The smallest absolute Gasteiger partial charge is 0.416 e. The molecule has 0 saturated heterocycles. The van der Waals surface area contributed by atoms with Crippen LogP contribution in [0, 0.1) is 5.82 Å². The summed E-state index contributed by atoms with van der Waals surface area (Å²) >= 11 is 0.960. The maximum absolute atomic E-state index is 13.3. The van der Waals surface area contributed by atoms with Crippen molar-refractivity contribution in [1.82, 2.24) is 0 Å². The maximum atomic E-state index is 13.3. The van der Waals surface area contributed by atoms with Crippen LogP contribution in [0.5, 0.6) is 0 Å². The second kappa shape index (κ2) is 7.43. The van der Waals surface area contributed by atoms with Crippen molar-refractivity contribution in [1.29, 1.82) is 0 Å². The van der Waals surface area contributed by atoms with Crippen LogP contribution in [0.2, 0.25) is 0 Å². The molecule has 2 aromatic carbocycles. The Hall–Kier alpha value is -3.20. The molecule has 4 nitrogen and oxygen atoms in total. The first-order valence-electron chi connectivity index (χ1n) is 7.76. The Bertz CT molecular complexity index is 1040. The molecule has 0 radical (unpaired) electrons. The van der Waals surface area contributed by atoms with Gasteiger partial charge < -0.3 is 10.4 Å². The van der Waals surface area contributed by atoms with Gasteiger partial charge in [-0.25, -0.2) is 9.18 Å². The van der Waals surface area contributed by atoms with Gasteiger partial charge in [0.25, 0.3) is 5.91 Å². The van der Waals surface area contributed by atoms with Crippen molar-refractivity contribution >= 4 is 28.9 Å². The summed E-state index contributed by atoms with van der Waals surface area (Å²) in [5, 5.41) is 13.3. The van der Waals surface area contributed by atoms with Gasteiger partial charge in [0, 0.05) is 10.9 Å². The average molecular weight is 409 g/mol. The number of nitrogens with one attached hydrogen (secondary N) is 1. The molecule has 0 aliphatic carbocycles. The minimum absolute atomic E-state index is 0.00128. The average Bonchev–Trinajstić information content (AvgIpc) is 3.05. The molecule has 0 saturated carbocycles. The fourth-order valence-corrected chi connectivity index (χ4v) is 3.51. The fourth-order valence-electron chi connectivity index (χ4n) is 2.51. The zero-order valence-corrected chi connectivity index (χ0v) is 14.7. The van der Waals surface area contributed by atoms with Gasteiger partial charge in [0.15, 0.2) is 0 Å². The van der Waals surface area contributed by atoms with Crippen molar-refractivity contribution in [2.75, 3.05) is 5.32 Å². The normalized spacial score (nSPS) is 11.3. The second-order valence-corrected chi connectivity index (χ2v) is 6.58. The number of alkyl halides is 3. The molecule has 0 aliphatic heterocycles. The topological polar surface area (TPSA) is 66.4 Å². The highest BCUT2D eigenvalue weighted by molar-refractivity contribution is 7.14. The SMILES string of the molecule is O=C(Nc1csc(-c2ccc(C(F)(F)F)cc2)c1C(=O)O)c1cccc(F)c1. The molecule has 144 valence electrons. The van der Waals surface area contributed by atoms with Crippen molar-refractivity contribution in [2.24, 2.45) is 0 Å². The summed E-state index contributed by atoms with van der Waals surface area (Å²) in [6.07, 6.45) is -4.51. The molecule has 0 atom stereocenters. The molecule has 0 spiro atoms. The Kier molecular flexibility index (Phi) is 5.19. The van der Waals surface area contributed by atoms with Gasteiger partial charge >= 0.3 is 12.1 Å². The van der Waals surface area contributed by atoms with E-state index >= 15 is 0 Å². The van der Waals surface area contributed by atoms with Gasteiger partial charge in [0.05, 0.1) is 16.1 Å². The second-order valence-electron chi connectivity index (χ2n) is 5.70. The number of anilines is 1. The van der Waals surface area contributed by atoms with E-state index in [4.69, 9.17) is 0 Å². The molecule has 1 heterocycles. The summed E-state index contributed by atoms with van der Waals surface area (Å²) in [5.41, 5.74) is -0.874. The number of halogens is 4. The summed E-state index contributed by atoms with van der Waals surface area (Å²) in [6, 6.07) is 8.90. The van der Waals surface area contributed by atoms with Crippen LogP contribution in [0.1, 0.15) is 26.3 Å². The molecular weight excluding hydrogens is 398 g/mol. The van der Waals surface area contributed by atoms with Crippen LogP contribution < -0.4 is 5.32 Å². The Morgan fingerprint density at radius 3 is 2.29 bits per heavy atom. The molecule has 9 heteroatoms. The van der Waals surface area contributed by atoms with E-state index in [-0.39, 0.29) is 27.3 Å². The minimum Gasteiger partial charge on any atom is -0.478 e. The molecule has 0 bridgehead atoms. The number of carboxylic acid groups (broad SMARTS) is 1. The van der Waals surface area contributed by atoms with E-state index in [0.717, 1.165) is 35.6 Å². The van der Waals surface area contributed by atoms with E-state index < -0.39 is 29.4 Å². The van der Waals surface area contributed by atoms with Gasteiger partial charge in [-0.05, 0) is 35.9 Å². The molecule has 0 fully saturated rings. The molecule has 3 rings (SSSR count). The molecular formula is C19H11F4NO3S. The predicted molar refractivity (Wildman–Crippen MR) is 96.1 cm³/mol. The standard InChI is InChI=1S/C19H11F4NO3S/c20-13-3-1-2-11(8-13)17(25)24-14-9-28-16(15(14)18(26)27)10-4-6-12(7-5-10)19(21,22)23/h1-9H,(H,24,25)(H,26,27). The highest BCUT2D eigenvalue weighted by atomic mass is 32.1. The summed E-state index contributed by atoms with van der Waals surface area (Å²) in [7, 11) is 0. The van der Waals surface area contributed by atoms with Gasteiger partial charge in [-0.15, -0.1) is 11.3 Å². The summed E-state index contributed by atoms with van der Waals surface area (Å²) < 4.78 is 51.4. The van der Waals surface area contributed by atoms with E-state index in [2.05, 4.69) is 5.32 Å². The third-order valence-electron chi connectivity index (χ3n) is 3.81. The quantitative estimate of drug-likeness (QED) is 0.558. The predicted octanol–water partition coefficient (Wildman–Crippen LogP) is 5.52. The Morgan fingerprint density at radius 1 is 1.04 bits per heavy atom. The van der Waals surface area contributed by atoms with Crippen molar-refractivity contribution in [3.05, 3.63) is 76.4 Å². The first kappa shape index (κ1) is 19.6. The van der Waals surface area contributed by atoms with E-state index in [0.29, 0.717) is 0 Å². The van der Waals surface area contributed by atoms with Gasteiger partial charge in [0.2, 0.25) is 0 Å². The van der Waals surface area contributed by atoms with Crippen LogP contribution in [0.25, 0.3) is 10.4 Å². The lowest BCUT2D eigenvalue weighted by Crippen LogP contribution is -2.14. The van der Waals surface area contributed by atoms with Gasteiger partial charge in [0.1, 0.15) is 11.4 Å². The lowest BCUT2D eigenvalue weighted by molar-refractivity contribution is -0.137. The van der Waals surface area contributed by atoms with Gasteiger partial charge in [-0.3, -0.25) is 4.79 Å². The third kappa shape index (κ3) is 4.04. The first-order valence-corrected chi connectivity index (χ1v) is 8.64. The molecule has 0 aliphatic rings. The highest BCUT2D eigenvalue weighted by Gasteiger charge is 2.30. The monoisotopic (exact) mass is 409 g/mol. The number of thiophene rings is 1. The van der Waals surface area contributed by atoms with Crippen molar-refractivity contribution in [3.63, 3.8) is 0 Å². The lowest BCUT2D eigenvalue weighted by atomic mass is 10.1. The largest absolute Gasteiger partial charge is 0.478 e. The van der Waals surface area contributed by atoms with Crippen molar-refractivity contribution in [2.45, 2.75) is 6.18 Å². The number of benzene rings is 2. The Morgan fingerprint density at radius 2 is 1.71 bits per heavy atom. The van der Waals surface area contributed by atoms with E-state index in [1.807, 2.05) is 0 Å². The molecule has 3 aromatic rings. The number of amides is 1. The number of carboxylic acids is 1.